The van der Waals surface area contributed by atoms with Crippen LogP contribution in [0.4, 0.5) is 11.4 Å². The maximum Gasteiger partial charge on any atom is 0.242 e. The first kappa shape index (κ1) is 22.2. The van der Waals surface area contributed by atoms with Crippen molar-refractivity contribution < 1.29 is 4.74 Å². The van der Waals surface area contributed by atoms with E-state index in [0.29, 0.717) is 44.2 Å². The highest BCUT2D eigenvalue weighted by molar-refractivity contribution is 6.39. The lowest BCUT2D eigenvalue weighted by Crippen LogP contribution is -2.26. The van der Waals surface area contributed by atoms with Gasteiger partial charge >= 0.3 is 0 Å². The van der Waals surface area contributed by atoms with Crippen molar-refractivity contribution in [2.24, 2.45) is 9.98 Å². The predicted molar refractivity (Wildman–Crippen MR) is 123 cm³/mol. The second-order valence-electron chi connectivity index (χ2n) is 6.11. The van der Waals surface area contributed by atoms with Crippen LogP contribution >= 0.6 is 34.8 Å². The fourth-order valence-electron chi connectivity index (χ4n) is 2.58. The number of guanidine groups is 2. The summed E-state index contributed by atoms with van der Waals surface area (Å²) in [5.74, 6) is 2.36. The van der Waals surface area contributed by atoms with Crippen LogP contribution in [0.3, 0.4) is 0 Å². The van der Waals surface area contributed by atoms with E-state index in [-0.39, 0.29) is 0 Å². The molecule has 0 unspecified atom stereocenters. The number of para-hydroxylation sites is 1. The van der Waals surface area contributed by atoms with Crippen molar-refractivity contribution in [3.8, 4) is 5.88 Å². The molecule has 12 heteroatoms. The number of hydrogen-bond donors (Lipinski definition) is 4. The van der Waals surface area contributed by atoms with E-state index in [4.69, 9.17) is 39.5 Å². The maximum atomic E-state index is 6.02. The van der Waals surface area contributed by atoms with Crippen molar-refractivity contribution >= 4 is 58.1 Å². The van der Waals surface area contributed by atoms with Gasteiger partial charge in [-0.2, -0.15) is 4.98 Å². The highest BCUT2D eigenvalue weighted by Gasteiger charge is 2.15. The first-order valence-electron chi connectivity index (χ1n) is 9.10. The highest BCUT2D eigenvalue weighted by Crippen LogP contribution is 2.30. The van der Waals surface area contributed by atoms with Gasteiger partial charge in [0.1, 0.15) is 11.5 Å². The smallest absolute Gasteiger partial charge is 0.242 e. The van der Waals surface area contributed by atoms with Gasteiger partial charge in [-0.05, 0) is 19.1 Å². The first-order valence-corrected chi connectivity index (χ1v) is 10.2. The second-order valence-corrected chi connectivity index (χ2v) is 7.28. The molecule has 0 fully saturated rings. The summed E-state index contributed by atoms with van der Waals surface area (Å²) in [7, 11) is 1.53. The average Bonchev–Trinajstić information content (AvgIpc) is 3.41. The molecular weight excluding hydrogens is 451 g/mol. The molecule has 1 aromatic heterocycles. The molecule has 2 aliphatic rings. The second kappa shape index (κ2) is 10.5. The number of methoxy groups -OCH3 is 1. The van der Waals surface area contributed by atoms with Crippen molar-refractivity contribution in [3.05, 3.63) is 39.2 Å². The van der Waals surface area contributed by atoms with Crippen LogP contribution in [0.5, 0.6) is 5.88 Å². The third-order valence-corrected chi connectivity index (χ3v) is 4.84. The Morgan fingerprint density at radius 2 is 1.47 bits per heavy atom. The molecule has 0 bridgehead atoms. The molecule has 1 aromatic carbocycles. The molecule has 0 amide bonds. The van der Waals surface area contributed by atoms with E-state index in [1.807, 2.05) is 0 Å². The molecule has 0 saturated heterocycles. The van der Waals surface area contributed by atoms with Gasteiger partial charge < -0.3 is 26.0 Å². The Morgan fingerprint density at radius 3 is 1.97 bits per heavy atom. The van der Waals surface area contributed by atoms with Gasteiger partial charge in [-0.15, -0.1) is 0 Å². The minimum Gasteiger partial charge on any atom is -0.479 e. The minimum atomic E-state index is 0.320. The molecule has 3 heterocycles. The van der Waals surface area contributed by atoms with E-state index in [1.165, 1.54) is 7.11 Å². The SMILES string of the molecule is COc1nc(C)nc(Cl)c1NC1=NCCN1.Clc1cccc(Cl)c1NC1=NCCN1. The van der Waals surface area contributed by atoms with E-state index < -0.39 is 0 Å². The monoisotopic (exact) mass is 470 g/mol. The van der Waals surface area contributed by atoms with Crippen molar-refractivity contribution in [2.45, 2.75) is 6.92 Å². The third-order valence-electron chi connectivity index (χ3n) is 3.93. The molecule has 0 spiro atoms. The Labute approximate surface area is 189 Å². The Hall–Kier alpha value is -2.49. The van der Waals surface area contributed by atoms with E-state index in [0.717, 1.165) is 32.1 Å². The van der Waals surface area contributed by atoms with Crippen molar-refractivity contribution in [1.29, 1.82) is 0 Å². The summed E-state index contributed by atoms with van der Waals surface area (Å²) < 4.78 is 5.14. The number of aryl methyl sites for hydroxylation is 1. The largest absolute Gasteiger partial charge is 0.479 e. The van der Waals surface area contributed by atoms with Gasteiger partial charge in [0.05, 0.1) is 35.9 Å². The first-order chi connectivity index (χ1) is 14.5. The number of halogens is 3. The lowest BCUT2D eigenvalue weighted by Gasteiger charge is -2.11. The average molecular weight is 472 g/mol. The topological polar surface area (TPSA) is 108 Å². The number of nitrogens with zero attached hydrogens (tertiary/aromatic N) is 4. The molecule has 4 N–H and O–H groups in total. The molecule has 0 radical (unpaired) electrons. The molecular formula is C18H21Cl3N8O. The van der Waals surface area contributed by atoms with Gasteiger partial charge in [0.25, 0.3) is 0 Å². The van der Waals surface area contributed by atoms with Crippen molar-refractivity contribution in [1.82, 2.24) is 20.6 Å². The summed E-state index contributed by atoms with van der Waals surface area (Å²) in [6, 6.07) is 5.37. The fraction of sp³-hybridized carbons (Fsp3) is 0.333. The van der Waals surface area contributed by atoms with Crippen molar-refractivity contribution in [3.63, 3.8) is 0 Å². The van der Waals surface area contributed by atoms with Gasteiger partial charge in [0, 0.05) is 13.1 Å². The number of nitrogens with one attached hydrogen (secondary N) is 4. The Bertz CT molecular complexity index is 946. The quantitative estimate of drug-likeness (QED) is 0.509. The van der Waals surface area contributed by atoms with E-state index in [1.54, 1.807) is 25.1 Å². The molecule has 9 nitrogen and oxygen atoms in total. The number of aliphatic imine (C=N–C) groups is 2. The predicted octanol–water partition coefficient (Wildman–Crippen LogP) is 3.18. The molecule has 0 saturated carbocycles. The standard InChI is InChI=1S/C9H9Cl2N3.C9H12ClN5O/c10-6-2-1-3-7(11)8(6)14-9-12-4-5-13-9;1-5-13-7(10)6(8(14-5)16-2)15-9-11-3-4-12-9/h1-3H,4-5H2,(H2,12,13,14);3-4H2,1-2H3,(H2,11,12,15). The normalized spacial score (nSPS) is 14.6. The van der Waals surface area contributed by atoms with E-state index in [9.17, 15) is 0 Å². The summed E-state index contributed by atoms with van der Waals surface area (Å²) >= 11 is 18.0. The lowest BCUT2D eigenvalue weighted by atomic mass is 10.3. The van der Waals surface area contributed by atoms with Crippen LogP contribution in [-0.2, 0) is 0 Å². The van der Waals surface area contributed by atoms with E-state index in [2.05, 4.69) is 41.2 Å². The van der Waals surface area contributed by atoms with Crippen molar-refractivity contribution in [2.75, 3.05) is 43.9 Å². The third kappa shape index (κ3) is 5.78. The number of aromatic nitrogens is 2. The zero-order valence-corrected chi connectivity index (χ0v) is 18.7. The summed E-state index contributed by atoms with van der Waals surface area (Å²) in [6.45, 7) is 4.95. The number of benzene rings is 1. The number of ether oxygens (including phenoxy) is 1. The summed E-state index contributed by atoms with van der Waals surface area (Å²) in [5.41, 5.74) is 1.23. The number of hydrogen-bond acceptors (Lipinski definition) is 9. The molecule has 30 heavy (non-hydrogen) atoms. The van der Waals surface area contributed by atoms with Gasteiger partial charge in [-0.25, -0.2) is 4.98 Å². The zero-order chi connectivity index (χ0) is 21.5. The number of anilines is 2. The van der Waals surface area contributed by atoms with Gasteiger partial charge in [-0.1, -0.05) is 40.9 Å². The van der Waals surface area contributed by atoms with Crippen LogP contribution in [0.25, 0.3) is 0 Å². The Morgan fingerprint density at radius 1 is 0.900 bits per heavy atom. The van der Waals surface area contributed by atoms with Gasteiger partial charge in [0.2, 0.25) is 5.88 Å². The Balaban J connectivity index is 0.000000172. The van der Waals surface area contributed by atoms with Gasteiger partial charge in [-0.3, -0.25) is 9.98 Å². The molecule has 4 rings (SSSR count). The Kier molecular flexibility index (Phi) is 7.78. The summed E-state index contributed by atoms with van der Waals surface area (Å²) in [6.07, 6.45) is 0. The van der Waals surface area contributed by atoms with Crippen LogP contribution in [-0.4, -0.2) is 55.2 Å². The minimum absolute atomic E-state index is 0.320. The van der Waals surface area contributed by atoms with Crippen LogP contribution < -0.4 is 26.0 Å². The van der Waals surface area contributed by atoms with E-state index >= 15 is 0 Å². The molecule has 0 aliphatic carbocycles. The zero-order valence-electron chi connectivity index (χ0n) is 16.4. The molecule has 2 aliphatic heterocycles. The van der Waals surface area contributed by atoms with Crippen LogP contribution in [0.1, 0.15) is 5.82 Å². The molecule has 160 valence electrons. The molecule has 0 atom stereocenters. The summed E-state index contributed by atoms with van der Waals surface area (Å²) in [4.78, 5) is 16.6. The van der Waals surface area contributed by atoms with Crippen LogP contribution in [0.15, 0.2) is 28.2 Å². The molecule has 2 aromatic rings. The maximum absolute atomic E-state index is 6.02. The number of rotatable bonds is 3. The van der Waals surface area contributed by atoms with Crippen LogP contribution in [0, 0.1) is 6.92 Å². The summed E-state index contributed by atoms with van der Waals surface area (Å²) in [5, 5.41) is 13.7. The lowest BCUT2D eigenvalue weighted by molar-refractivity contribution is 0.398. The fourth-order valence-corrected chi connectivity index (χ4v) is 3.33. The highest BCUT2D eigenvalue weighted by atomic mass is 35.5. The van der Waals surface area contributed by atoms with Gasteiger partial charge in [0.15, 0.2) is 17.1 Å². The van der Waals surface area contributed by atoms with Crippen LogP contribution in [0.2, 0.25) is 15.2 Å².